The smallest absolute Gasteiger partial charge is 0.0642 e. The summed E-state index contributed by atoms with van der Waals surface area (Å²) in [5, 5.41) is 3.27. The van der Waals surface area contributed by atoms with Crippen LogP contribution in [0.3, 0.4) is 0 Å². The van der Waals surface area contributed by atoms with Crippen LogP contribution in [0, 0.1) is 0 Å². The average molecular weight is 221 g/mol. The second kappa shape index (κ2) is 5.99. The molecule has 2 bridgehead atoms. The van der Waals surface area contributed by atoms with E-state index in [1.165, 1.54) is 17.6 Å². The minimum atomic E-state index is 0.406. The van der Waals surface area contributed by atoms with Gasteiger partial charge in [0, 0.05) is 13.7 Å². The second-order valence-corrected chi connectivity index (χ2v) is 4.17. The fourth-order valence-electron chi connectivity index (χ4n) is 1.94. The number of fused-ring (bicyclic) bond motifs is 2. The number of hydrogen-bond donors (Lipinski definition) is 1. The lowest BCUT2D eigenvalue weighted by molar-refractivity contribution is 0.0432. The molecule has 0 amide bonds. The van der Waals surface area contributed by atoms with E-state index in [0.29, 0.717) is 6.04 Å². The van der Waals surface area contributed by atoms with Gasteiger partial charge in [0.25, 0.3) is 0 Å². The number of morpholine rings is 1. The van der Waals surface area contributed by atoms with Crippen LogP contribution in [0.15, 0.2) is 35.5 Å². The molecular formula is C13H19NO2. The highest BCUT2D eigenvalue weighted by atomic mass is 16.5. The molecule has 1 aliphatic heterocycles. The Balaban J connectivity index is 0.000000123. The molecule has 0 spiro atoms. The summed E-state index contributed by atoms with van der Waals surface area (Å²) in [4.78, 5) is 0. The van der Waals surface area contributed by atoms with Gasteiger partial charge in [0.2, 0.25) is 0 Å². The Labute approximate surface area is 96.8 Å². The number of methoxy groups -OCH3 is 1. The maximum absolute atomic E-state index is 5.19. The summed E-state index contributed by atoms with van der Waals surface area (Å²) in [6, 6.07) is 0.406. The van der Waals surface area contributed by atoms with Crippen LogP contribution in [0.1, 0.15) is 6.42 Å². The van der Waals surface area contributed by atoms with Gasteiger partial charge in [-0.15, -0.1) is 0 Å². The van der Waals surface area contributed by atoms with Gasteiger partial charge in [0.15, 0.2) is 0 Å². The van der Waals surface area contributed by atoms with Gasteiger partial charge in [-0.2, -0.15) is 0 Å². The first-order valence-corrected chi connectivity index (χ1v) is 5.76. The Morgan fingerprint density at radius 3 is 2.50 bits per heavy atom. The Kier molecular flexibility index (Phi) is 4.34. The molecule has 16 heavy (non-hydrogen) atoms. The molecule has 2 aliphatic carbocycles. The SMILES string of the molecule is C1=CC2=CC=C1C2.COC[C@@H]1COCCN1. The molecule has 0 aromatic carbocycles. The molecule has 3 heteroatoms. The molecule has 0 radical (unpaired) electrons. The van der Waals surface area contributed by atoms with Gasteiger partial charge in [-0.05, 0) is 17.6 Å². The van der Waals surface area contributed by atoms with Crippen molar-refractivity contribution in [2.45, 2.75) is 12.5 Å². The van der Waals surface area contributed by atoms with Crippen LogP contribution in [0.2, 0.25) is 0 Å². The fourth-order valence-corrected chi connectivity index (χ4v) is 1.94. The first-order chi connectivity index (χ1) is 7.88. The van der Waals surface area contributed by atoms with E-state index in [1.54, 1.807) is 7.11 Å². The van der Waals surface area contributed by atoms with Crippen molar-refractivity contribution in [3.05, 3.63) is 35.5 Å². The molecule has 1 saturated heterocycles. The third-order valence-electron chi connectivity index (χ3n) is 2.80. The number of allylic oxidation sites excluding steroid dienone is 6. The number of ether oxygens (including phenoxy) is 2. The van der Waals surface area contributed by atoms with Gasteiger partial charge in [-0.25, -0.2) is 0 Å². The van der Waals surface area contributed by atoms with Gasteiger partial charge in [-0.3, -0.25) is 0 Å². The monoisotopic (exact) mass is 221 g/mol. The van der Waals surface area contributed by atoms with Crippen LogP contribution in [-0.4, -0.2) is 39.5 Å². The Bertz CT molecular complexity index is 289. The third kappa shape index (κ3) is 3.30. The van der Waals surface area contributed by atoms with Crippen LogP contribution >= 0.6 is 0 Å². The molecule has 0 unspecified atom stereocenters. The predicted molar refractivity (Wildman–Crippen MR) is 64.4 cm³/mol. The summed E-state index contributed by atoms with van der Waals surface area (Å²) >= 11 is 0. The molecule has 1 atom stereocenters. The molecular weight excluding hydrogens is 202 g/mol. The van der Waals surface area contributed by atoms with Gasteiger partial charge < -0.3 is 14.8 Å². The van der Waals surface area contributed by atoms with Crippen molar-refractivity contribution in [3.63, 3.8) is 0 Å². The average Bonchev–Trinajstić information content (AvgIpc) is 2.96. The molecule has 88 valence electrons. The van der Waals surface area contributed by atoms with Crippen LogP contribution < -0.4 is 5.32 Å². The molecule has 1 N–H and O–H groups in total. The summed E-state index contributed by atoms with van der Waals surface area (Å²) in [5.41, 5.74) is 2.94. The quantitative estimate of drug-likeness (QED) is 0.765. The number of nitrogens with one attached hydrogen (secondary N) is 1. The molecule has 3 aliphatic rings. The van der Waals surface area contributed by atoms with Crippen LogP contribution in [0.25, 0.3) is 0 Å². The zero-order valence-electron chi connectivity index (χ0n) is 9.74. The van der Waals surface area contributed by atoms with Crippen molar-refractivity contribution in [1.29, 1.82) is 0 Å². The zero-order chi connectivity index (χ0) is 11.2. The highest BCUT2D eigenvalue weighted by Gasteiger charge is 2.11. The predicted octanol–water partition coefficient (Wildman–Crippen LogP) is 1.43. The summed E-state index contributed by atoms with van der Waals surface area (Å²) in [6.07, 6.45) is 9.90. The highest BCUT2D eigenvalue weighted by Crippen LogP contribution is 2.27. The van der Waals surface area contributed by atoms with Gasteiger partial charge in [0.1, 0.15) is 0 Å². The minimum absolute atomic E-state index is 0.406. The fraction of sp³-hybridized carbons (Fsp3) is 0.538. The van der Waals surface area contributed by atoms with Crippen molar-refractivity contribution in [2.24, 2.45) is 0 Å². The first kappa shape index (κ1) is 11.6. The van der Waals surface area contributed by atoms with Crippen molar-refractivity contribution < 1.29 is 9.47 Å². The summed E-state index contributed by atoms with van der Waals surface area (Å²) < 4.78 is 10.1. The van der Waals surface area contributed by atoms with E-state index in [-0.39, 0.29) is 0 Å². The molecule has 1 heterocycles. The molecule has 0 aromatic rings. The van der Waals surface area contributed by atoms with E-state index in [4.69, 9.17) is 9.47 Å². The number of rotatable bonds is 2. The standard InChI is InChI=1S/C7H6.C6H13NO2/c1-2-7-4-3-6(1)5-7;1-8-4-6-5-9-3-2-7-6/h1-4H,5H2;6-7H,2-5H2,1H3/t;6-/m.1/s1. The van der Waals surface area contributed by atoms with E-state index < -0.39 is 0 Å². The van der Waals surface area contributed by atoms with E-state index in [1.807, 2.05) is 0 Å². The molecule has 3 nitrogen and oxygen atoms in total. The van der Waals surface area contributed by atoms with E-state index in [2.05, 4.69) is 29.6 Å². The molecule has 1 fully saturated rings. The molecule has 3 rings (SSSR count). The van der Waals surface area contributed by atoms with Gasteiger partial charge in [0.05, 0.1) is 25.9 Å². The summed E-state index contributed by atoms with van der Waals surface area (Å²) in [7, 11) is 1.70. The first-order valence-electron chi connectivity index (χ1n) is 5.76. The minimum Gasteiger partial charge on any atom is -0.383 e. The summed E-state index contributed by atoms with van der Waals surface area (Å²) in [5.74, 6) is 0. The topological polar surface area (TPSA) is 30.5 Å². The highest BCUT2D eigenvalue weighted by molar-refractivity contribution is 5.49. The van der Waals surface area contributed by atoms with Crippen LogP contribution in [-0.2, 0) is 9.47 Å². The normalized spacial score (nSPS) is 25.9. The van der Waals surface area contributed by atoms with Crippen LogP contribution in [0.4, 0.5) is 0 Å². The summed E-state index contributed by atoms with van der Waals surface area (Å²) in [6.45, 7) is 3.32. The maximum atomic E-state index is 5.19. The van der Waals surface area contributed by atoms with Gasteiger partial charge in [-0.1, -0.05) is 24.3 Å². The maximum Gasteiger partial charge on any atom is 0.0642 e. The van der Waals surface area contributed by atoms with E-state index in [0.717, 1.165) is 26.4 Å². The van der Waals surface area contributed by atoms with Crippen molar-refractivity contribution in [1.82, 2.24) is 5.32 Å². The Hall–Kier alpha value is -0.900. The Morgan fingerprint density at radius 2 is 2.12 bits per heavy atom. The van der Waals surface area contributed by atoms with Crippen molar-refractivity contribution >= 4 is 0 Å². The molecule has 0 saturated carbocycles. The van der Waals surface area contributed by atoms with Crippen LogP contribution in [0.5, 0.6) is 0 Å². The lowest BCUT2D eigenvalue weighted by atomic mass is 10.3. The van der Waals surface area contributed by atoms with E-state index >= 15 is 0 Å². The number of hydrogen-bond acceptors (Lipinski definition) is 3. The van der Waals surface area contributed by atoms with Gasteiger partial charge >= 0.3 is 0 Å². The van der Waals surface area contributed by atoms with E-state index in [9.17, 15) is 0 Å². The van der Waals surface area contributed by atoms with Crippen molar-refractivity contribution in [2.75, 3.05) is 33.5 Å². The molecule has 0 aromatic heterocycles. The van der Waals surface area contributed by atoms with Crippen molar-refractivity contribution in [3.8, 4) is 0 Å². The Morgan fingerprint density at radius 1 is 1.38 bits per heavy atom. The second-order valence-electron chi connectivity index (χ2n) is 4.17. The lowest BCUT2D eigenvalue weighted by Gasteiger charge is -2.22. The largest absolute Gasteiger partial charge is 0.383 e. The lowest BCUT2D eigenvalue weighted by Crippen LogP contribution is -2.43. The zero-order valence-corrected chi connectivity index (χ0v) is 9.74. The third-order valence-corrected chi connectivity index (χ3v) is 2.80.